The first-order valence-electron chi connectivity index (χ1n) is 6.45. The number of carbonyl (C=O) groups is 1. The zero-order valence-electron chi connectivity index (χ0n) is 9.80. The number of nitrogens with one attached hydrogen (secondary N) is 2. The molecule has 0 aromatic rings. The number of aliphatic imine (C=N–C) groups is 1. The van der Waals surface area contributed by atoms with Gasteiger partial charge in [-0.3, -0.25) is 9.79 Å². The second-order valence-corrected chi connectivity index (χ2v) is 4.67. The Morgan fingerprint density at radius 3 is 2.81 bits per heavy atom. The predicted octanol–water partition coefficient (Wildman–Crippen LogP) is 1.22. The summed E-state index contributed by atoms with van der Waals surface area (Å²) in [6, 6.07) is 0.369. The monoisotopic (exact) mass is 223 g/mol. The standard InChI is InChI=1S/C12H21N3O/c16-12(11-13-8-4-5-9-14-11)15-10-6-2-1-3-7-10/h10H,1-9H2,(H,13,14)(H,15,16). The molecule has 90 valence electrons. The lowest BCUT2D eigenvalue weighted by Crippen LogP contribution is -2.45. The number of carbonyl (C=O) groups excluding carboxylic acids is 1. The van der Waals surface area contributed by atoms with Gasteiger partial charge in [-0.05, 0) is 25.7 Å². The Bertz CT molecular complexity index is 269. The maximum atomic E-state index is 11.9. The molecule has 1 saturated carbocycles. The normalized spacial score (nSPS) is 22.9. The highest BCUT2D eigenvalue weighted by Gasteiger charge is 2.19. The van der Waals surface area contributed by atoms with Crippen molar-refractivity contribution in [3.63, 3.8) is 0 Å². The predicted molar refractivity (Wildman–Crippen MR) is 64.6 cm³/mol. The first kappa shape index (κ1) is 11.4. The molecule has 0 bridgehead atoms. The Labute approximate surface area is 96.9 Å². The smallest absolute Gasteiger partial charge is 0.286 e. The van der Waals surface area contributed by atoms with Crippen molar-refractivity contribution in [2.45, 2.75) is 51.0 Å². The minimum absolute atomic E-state index is 0.00574. The highest BCUT2D eigenvalue weighted by Crippen LogP contribution is 2.17. The highest BCUT2D eigenvalue weighted by molar-refractivity contribution is 6.37. The van der Waals surface area contributed by atoms with E-state index >= 15 is 0 Å². The molecule has 1 fully saturated rings. The molecule has 0 spiro atoms. The second kappa shape index (κ2) is 5.87. The third-order valence-electron chi connectivity index (χ3n) is 3.30. The lowest BCUT2D eigenvalue weighted by atomic mass is 9.95. The summed E-state index contributed by atoms with van der Waals surface area (Å²) in [4.78, 5) is 16.2. The van der Waals surface area contributed by atoms with Gasteiger partial charge in [-0.2, -0.15) is 0 Å². The van der Waals surface area contributed by atoms with Crippen LogP contribution in [0.4, 0.5) is 0 Å². The zero-order chi connectivity index (χ0) is 11.2. The summed E-state index contributed by atoms with van der Waals surface area (Å²) < 4.78 is 0. The molecule has 2 aliphatic rings. The van der Waals surface area contributed by atoms with Gasteiger partial charge in [0.2, 0.25) is 0 Å². The maximum Gasteiger partial charge on any atom is 0.286 e. The maximum absolute atomic E-state index is 11.9. The van der Waals surface area contributed by atoms with Crippen LogP contribution in [0.1, 0.15) is 44.9 Å². The third kappa shape index (κ3) is 3.22. The van der Waals surface area contributed by atoms with Gasteiger partial charge < -0.3 is 10.6 Å². The molecule has 1 aliphatic carbocycles. The number of nitrogens with zero attached hydrogens (tertiary/aromatic N) is 1. The van der Waals surface area contributed by atoms with Gasteiger partial charge in [0.1, 0.15) is 0 Å². The van der Waals surface area contributed by atoms with Crippen LogP contribution < -0.4 is 10.6 Å². The molecule has 2 rings (SSSR count). The SMILES string of the molecule is O=C(NC1CCCCC1)C1=NCCCCN1. The van der Waals surface area contributed by atoms with Crippen LogP contribution in [0, 0.1) is 0 Å². The van der Waals surface area contributed by atoms with Crippen molar-refractivity contribution in [1.29, 1.82) is 0 Å². The van der Waals surface area contributed by atoms with Gasteiger partial charge in [0.15, 0.2) is 5.84 Å². The van der Waals surface area contributed by atoms with E-state index in [1.54, 1.807) is 0 Å². The summed E-state index contributed by atoms with van der Waals surface area (Å²) >= 11 is 0. The minimum atomic E-state index is -0.00574. The van der Waals surface area contributed by atoms with Crippen molar-refractivity contribution in [1.82, 2.24) is 10.6 Å². The van der Waals surface area contributed by atoms with Crippen LogP contribution in [0.3, 0.4) is 0 Å². The van der Waals surface area contributed by atoms with Gasteiger partial charge >= 0.3 is 0 Å². The summed E-state index contributed by atoms with van der Waals surface area (Å²) in [6.07, 6.45) is 8.22. The minimum Gasteiger partial charge on any atom is -0.366 e. The molecular formula is C12H21N3O. The van der Waals surface area contributed by atoms with E-state index in [4.69, 9.17) is 0 Å². The Morgan fingerprint density at radius 1 is 1.19 bits per heavy atom. The van der Waals surface area contributed by atoms with Crippen molar-refractivity contribution in [3.8, 4) is 0 Å². The number of hydrogen-bond donors (Lipinski definition) is 2. The molecule has 2 N–H and O–H groups in total. The first-order valence-corrected chi connectivity index (χ1v) is 6.45. The van der Waals surface area contributed by atoms with Crippen molar-refractivity contribution >= 4 is 11.7 Å². The van der Waals surface area contributed by atoms with Crippen LogP contribution in [-0.4, -0.2) is 30.9 Å². The Morgan fingerprint density at radius 2 is 2.00 bits per heavy atom. The average Bonchev–Trinajstić information content (AvgIpc) is 2.59. The lowest BCUT2D eigenvalue weighted by molar-refractivity contribution is -0.115. The summed E-state index contributed by atoms with van der Waals surface area (Å²) in [5.41, 5.74) is 0. The van der Waals surface area contributed by atoms with E-state index in [9.17, 15) is 4.79 Å². The second-order valence-electron chi connectivity index (χ2n) is 4.67. The number of rotatable bonds is 2. The molecular weight excluding hydrogens is 202 g/mol. The van der Waals surface area contributed by atoms with Gasteiger partial charge in [0.05, 0.1) is 0 Å². The fourth-order valence-electron chi connectivity index (χ4n) is 2.34. The largest absolute Gasteiger partial charge is 0.366 e. The average molecular weight is 223 g/mol. The van der Waals surface area contributed by atoms with Gasteiger partial charge in [0, 0.05) is 19.1 Å². The number of amides is 1. The van der Waals surface area contributed by atoms with Crippen molar-refractivity contribution in [3.05, 3.63) is 0 Å². The Hall–Kier alpha value is -1.06. The Balaban J connectivity index is 1.83. The topological polar surface area (TPSA) is 53.5 Å². The zero-order valence-corrected chi connectivity index (χ0v) is 9.80. The number of hydrogen-bond acceptors (Lipinski definition) is 3. The molecule has 0 aromatic carbocycles. The fourth-order valence-corrected chi connectivity index (χ4v) is 2.34. The molecule has 4 heteroatoms. The summed E-state index contributed by atoms with van der Waals surface area (Å²) in [7, 11) is 0. The molecule has 1 heterocycles. The fraction of sp³-hybridized carbons (Fsp3) is 0.833. The third-order valence-corrected chi connectivity index (χ3v) is 3.30. The highest BCUT2D eigenvalue weighted by atomic mass is 16.2. The van der Waals surface area contributed by atoms with Gasteiger partial charge in [0.25, 0.3) is 5.91 Å². The van der Waals surface area contributed by atoms with E-state index < -0.39 is 0 Å². The van der Waals surface area contributed by atoms with Crippen molar-refractivity contribution in [2.75, 3.05) is 13.1 Å². The molecule has 1 amide bonds. The van der Waals surface area contributed by atoms with Crippen LogP contribution in [0.15, 0.2) is 4.99 Å². The van der Waals surface area contributed by atoms with E-state index in [1.165, 1.54) is 19.3 Å². The molecule has 4 nitrogen and oxygen atoms in total. The van der Waals surface area contributed by atoms with Gasteiger partial charge in [-0.15, -0.1) is 0 Å². The molecule has 0 aromatic heterocycles. The molecule has 0 unspecified atom stereocenters. The van der Waals surface area contributed by atoms with Crippen LogP contribution in [0.2, 0.25) is 0 Å². The van der Waals surface area contributed by atoms with Crippen LogP contribution in [0.5, 0.6) is 0 Å². The Kier molecular flexibility index (Phi) is 4.19. The summed E-state index contributed by atoms with van der Waals surface area (Å²) in [5.74, 6) is 0.539. The van der Waals surface area contributed by atoms with Crippen molar-refractivity contribution < 1.29 is 4.79 Å². The van der Waals surface area contributed by atoms with E-state index in [2.05, 4.69) is 15.6 Å². The molecule has 0 saturated heterocycles. The van der Waals surface area contributed by atoms with E-state index in [0.717, 1.165) is 38.8 Å². The van der Waals surface area contributed by atoms with Gasteiger partial charge in [-0.25, -0.2) is 0 Å². The molecule has 16 heavy (non-hydrogen) atoms. The van der Waals surface area contributed by atoms with E-state index in [0.29, 0.717) is 11.9 Å². The van der Waals surface area contributed by atoms with Gasteiger partial charge in [-0.1, -0.05) is 19.3 Å². The molecule has 0 atom stereocenters. The summed E-state index contributed by atoms with van der Waals surface area (Å²) in [5, 5.41) is 6.19. The van der Waals surface area contributed by atoms with Crippen LogP contribution in [0.25, 0.3) is 0 Å². The van der Waals surface area contributed by atoms with Crippen LogP contribution >= 0.6 is 0 Å². The van der Waals surface area contributed by atoms with E-state index in [1.807, 2.05) is 0 Å². The molecule has 0 radical (unpaired) electrons. The quantitative estimate of drug-likeness (QED) is 0.739. The summed E-state index contributed by atoms with van der Waals surface area (Å²) in [6.45, 7) is 1.65. The van der Waals surface area contributed by atoms with Crippen LogP contribution in [-0.2, 0) is 4.79 Å². The van der Waals surface area contributed by atoms with Crippen molar-refractivity contribution in [2.24, 2.45) is 4.99 Å². The lowest BCUT2D eigenvalue weighted by Gasteiger charge is -2.23. The van der Waals surface area contributed by atoms with E-state index in [-0.39, 0.29) is 5.91 Å². The number of amidine groups is 1. The molecule has 1 aliphatic heterocycles. The first-order chi connectivity index (χ1) is 7.86.